The van der Waals surface area contributed by atoms with Gasteiger partial charge in [0.25, 0.3) is 5.91 Å². The second-order valence-electron chi connectivity index (χ2n) is 5.31. The van der Waals surface area contributed by atoms with Crippen molar-refractivity contribution < 1.29 is 18.3 Å². The lowest BCUT2D eigenvalue weighted by Gasteiger charge is -2.22. The molecule has 0 spiro atoms. The maximum Gasteiger partial charge on any atom is 0.254 e. The molecule has 116 valence electrons. The second-order valence-corrected chi connectivity index (χ2v) is 5.31. The molecule has 0 atom stereocenters. The molecule has 0 aromatic heterocycles. The summed E-state index contributed by atoms with van der Waals surface area (Å²) in [4.78, 5) is 10.9. The molecular formula is C15H20F2N2O2. The number of nitrogens with one attached hydrogen (secondary N) is 1. The van der Waals surface area contributed by atoms with Crippen LogP contribution < -0.4 is 15.8 Å². The molecule has 0 radical (unpaired) electrons. The highest BCUT2D eigenvalue weighted by Gasteiger charge is 2.17. The van der Waals surface area contributed by atoms with Crippen molar-refractivity contribution in [3.8, 4) is 5.75 Å². The van der Waals surface area contributed by atoms with E-state index < -0.39 is 23.1 Å². The van der Waals surface area contributed by atoms with E-state index in [9.17, 15) is 13.6 Å². The molecule has 1 amide bonds. The van der Waals surface area contributed by atoms with Gasteiger partial charge in [-0.25, -0.2) is 8.78 Å². The number of ether oxygens (including phenoxy) is 1. The van der Waals surface area contributed by atoms with Gasteiger partial charge in [-0.2, -0.15) is 0 Å². The SMILES string of the molecule is NC(=O)c1c(F)cc(OCCCC2CCNCC2)cc1F. The number of halogens is 2. The maximum atomic E-state index is 13.5. The number of nitrogens with two attached hydrogens (primary N) is 1. The highest BCUT2D eigenvalue weighted by Crippen LogP contribution is 2.22. The van der Waals surface area contributed by atoms with Crippen molar-refractivity contribution in [1.29, 1.82) is 0 Å². The van der Waals surface area contributed by atoms with E-state index in [4.69, 9.17) is 10.5 Å². The Kier molecular flexibility index (Phi) is 5.50. The monoisotopic (exact) mass is 298 g/mol. The number of hydrogen-bond acceptors (Lipinski definition) is 3. The number of hydrogen-bond donors (Lipinski definition) is 2. The summed E-state index contributed by atoms with van der Waals surface area (Å²) >= 11 is 0. The highest BCUT2D eigenvalue weighted by molar-refractivity contribution is 5.93. The van der Waals surface area contributed by atoms with Gasteiger partial charge >= 0.3 is 0 Å². The number of carbonyl (C=O) groups excluding carboxylic acids is 1. The predicted molar refractivity (Wildman–Crippen MR) is 75.2 cm³/mol. The van der Waals surface area contributed by atoms with Crippen molar-refractivity contribution in [3.05, 3.63) is 29.3 Å². The normalized spacial score (nSPS) is 15.9. The van der Waals surface area contributed by atoms with Crippen LogP contribution in [0.1, 0.15) is 36.0 Å². The van der Waals surface area contributed by atoms with E-state index in [-0.39, 0.29) is 5.75 Å². The average molecular weight is 298 g/mol. The molecule has 1 saturated heterocycles. The largest absolute Gasteiger partial charge is 0.493 e. The first-order chi connectivity index (χ1) is 10.1. The Balaban J connectivity index is 1.82. The third-order valence-electron chi connectivity index (χ3n) is 3.75. The Morgan fingerprint density at radius 2 is 1.90 bits per heavy atom. The zero-order chi connectivity index (χ0) is 15.2. The molecule has 1 aromatic carbocycles. The molecule has 0 saturated carbocycles. The van der Waals surface area contributed by atoms with Gasteiger partial charge in [0.05, 0.1) is 6.61 Å². The zero-order valence-corrected chi connectivity index (χ0v) is 11.8. The average Bonchev–Trinajstić information content (AvgIpc) is 2.43. The fourth-order valence-electron chi connectivity index (χ4n) is 2.60. The van der Waals surface area contributed by atoms with E-state index in [2.05, 4.69) is 5.32 Å². The smallest absolute Gasteiger partial charge is 0.254 e. The van der Waals surface area contributed by atoms with Crippen LogP contribution >= 0.6 is 0 Å². The van der Waals surface area contributed by atoms with E-state index in [1.807, 2.05) is 0 Å². The van der Waals surface area contributed by atoms with Gasteiger partial charge in [0.2, 0.25) is 0 Å². The van der Waals surface area contributed by atoms with Gasteiger partial charge in [0.1, 0.15) is 22.9 Å². The maximum absolute atomic E-state index is 13.5. The first kappa shape index (κ1) is 15.7. The van der Waals surface area contributed by atoms with Gasteiger partial charge in [0, 0.05) is 12.1 Å². The predicted octanol–water partition coefficient (Wildman–Crippen LogP) is 2.22. The molecule has 2 rings (SSSR count). The Bertz CT molecular complexity index is 479. The molecule has 3 N–H and O–H groups in total. The summed E-state index contributed by atoms with van der Waals surface area (Å²) in [7, 11) is 0. The summed E-state index contributed by atoms with van der Waals surface area (Å²) in [6, 6.07) is 1.99. The summed E-state index contributed by atoms with van der Waals surface area (Å²) in [6.45, 7) is 2.51. The minimum Gasteiger partial charge on any atom is -0.493 e. The second kappa shape index (κ2) is 7.36. The Morgan fingerprint density at radius 1 is 1.29 bits per heavy atom. The molecule has 4 nitrogen and oxygen atoms in total. The summed E-state index contributed by atoms with van der Waals surface area (Å²) in [5.41, 5.74) is 4.18. The van der Waals surface area contributed by atoms with Crippen LogP contribution in [0, 0.1) is 17.6 Å². The summed E-state index contributed by atoms with van der Waals surface area (Å²) in [5.74, 6) is -2.32. The fourth-order valence-corrected chi connectivity index (χ4v) is 2.60. The van der Waals surface area contributed by atoms with Crippen LogP contribution in [0.15, 0.2) is 12.1 Å². The van der Waals surface area contributed by atoms with Gasteiger partial charge < -0.3 is 15.8 Å². The van der Waals surface area contributed by atoms with Crippen LogP contribution in [0.3, 0.4) is 0 Å². The van der Waals surface area contributed by atoms with Gasteiger partial charge in [-0.1, -0.05) is 0 Å². The van der Waals surface area contributed by atoms with E-state index >= 15 is 0 Å². The minimum atomic E-state index is -1.12. The Labute approximate surface area is 122 Å². The van der Waals surface area contributed by atoms with E-state index in [0.717, 1.165) is 50.9 Å². The summed E-state index contributed by atoms with van der Waals surface area (Å²) in [5, 5.41) is 3.31. The lowest BCUT2D eigenvalue weighted by molar-refractivity contribution is 0.0992. The van der Waals surface area contributed by atoms with Gasteiger partial charge in [-0.3, -0.25) is 4.79 Å². The molecule has 0 bridgehead atoms. The first-order valence-corrected chi connectivity index (χ1v) is 7.20. The highest BCUT2D eigenvalue weighted by atomic mass is 19.1. The summed E-state index contributed by atoms with van der Waals surface area (Å²) in [6.07, 6.45) is 4.21. The van der Waals surface area contributed by atoms with E-state index in [1.54, 1.807) is 0 Å². The molecule has 21 heavy (non-hydrogen) atoms. The Morgan fingerprint density at radius 3 is 2.48 bits per heavy atom. The van der Waals surface area contributed by atoms with Crippen LogP contribution in [0.25, 0.3) is 0 Å². The van der Waals surface area contributed by atoms with Crippen molar-refractivity contribution in [3.63, 3.8) is 0 Å². The van der Waals surface area contributed by atoms with Crippen LogP contribution in [0.5, 0.6) is 5.75 Å². The van der Waals surface area contributed by atoms with Crippen molar-refractivity contribution >= 4 is 5.91 Å². The number of piperidine rings is 1. The molecule has 1 aliphatic heterocycles. The third kappa shape index (κ3) is 4.39. The van der Waals surface area contributed by atoms with Gasteiger partial charge in [0.15, 0.2) is 0 Å². The van der Waals surface area contributed by atoms with Crippen molar-refractivity contribution in [2.75, 3.05) is 19.7 Å². The molecular weight excluding hydrogens is 278 g/mol. The van der Waals surface area contributed by atoms with Crippen LogP contribution in [0.4, 0.5) is 8.78 Å². The van der Waals surface area contributed by atoms with Crippen LogP contribution in [-0.4, -0.2) is 25.6 Å². The van der Waals surface area contributed by atoms with Crippen LogP contribution in [0.2, 0.25) is 0 Å². The van der Waals surface area contributed by atoms with Crippen molar-refractivity contribution in [2.24, 2.45) is 11.7 Å². The van der Waals surface area contributed by atoms with E-state index in [0.29, 0.717) is 12.5 Å². The molecule has 6 heteroatoms. The molecule has 1 aliphatic rings. The number of primary amides is 1. The molecule has 0 aliphatic carbocycles. The number of rotatable bonds is 6. The fraction of sp³-hybridized carbons (Fsp3) is 0.533. The van der Waals surface area contributed by atoms with E-state index in [1.165, 1.54) is 0 Å². The number of carbonyl (C=O) groups is 1. The minimum absolute atomic E-state index is 0.0836. The van der Waals surface area contributed by atoms with Crippen molar-refractivity contribution in [2.45, 2.75) is 25.7 Å². The topological polar surface area (TPSA) is 64.4 Å². The van der Waals surface area contributed by atoms with Gasteiger partial charge in [-0.05, 0) is 44.7 Å². The lowest BCUT2D eigenvalue weighted by Crippen LogP contribution is -2.27. The quantitative estimate of drug-likeness (QED) is 0.792. The molecule has 1 fully saturated rings. The first-order valence-electron chi connectivity index (χ1n) is 7.20. The lowest BCUT2D eigenvalue weighted by atomic mass is 9.93. The Hall–Kier alpha value is -1.69. The zero-order valence-electron chi connectivity index (χ0n) is 11.8. The molecule has 0 unspecified atom stereocenters. The number of benzene rings is 1. The summed E-state index contributed by atoms with van der Waals surface area (Å²) < 4.78 is 32.4. The molecule has 1 heterocycles. The number of amides is 1. The molecule has 1 aromatic rings. The standard InChI is InChI=1S/C15H20F2N2O2/c16-12-8-11(9-13(17)14(12)15(18)20)21-7-1-2-10-3-5-19-6-4-10/h8-10,19H,1-7H2,(H2,18,20). The van der Waals surface area contributed by atoms with Gasteiger partial charge in [-0.15, -0.1) is 0 Å². The van der Waals surface area contributed by atoms with Crippen LogP contribution in [-0.2, 0) is 0 Å². The van der Waals surface area contributed by atoms with Crippen molar-refractivity contribution in [1.82, 2.24) is 5.32 Å². The third-order valence-corrected chi connectivity index (χ3v) is 3.75.